The predicted molar refractivity (Wildman–Crippen MR) is 95.0 cm³/mol. The molecule has 0 saturated carbocycles. The molecule has 8 nitrogen and oxygen atoms in total. The highest BCUT2D eigenvalue weighted by Gasteiger charge is 2.43. The van der Waals surface area contributed by atoms with Gasteiger partial charge < -0.3 is 9.47 Å². The van der Waals surface area contributed by atoms with Crippen LogP contribution in [-0.4, -0.2) is 34.9 Å². The Labute approximate surface area is 156 Å². The quantitative estimate of drug-likeness (QED) is 0.451. The lowest BCUT2D eigenvalue weighted by Gasteiger charge is -2.35. The number of allylic oxidation sites excluding steroid dienone is 1. The first-order valence-electron chi connectivity index (χ1n) is 8.35. The van der Waals surface area contributed by atoms with E-state index in [0.29, 0.717) is 5.57 Å². The molecule has 0 radical (unpaired) electrons. The fraction of sp³-hybridized carbons (Fsp3) is 0.421. The third-order valence-electron chi connectivity index (χ3n) is 4.37. The molecule has 0 aromatic heterocycles. The number of nitro benzene ring substituents is 1. The van der Waals surface area contributed by atoms with Crippen molar-refractivity contribution < 1.29 is 28.8 Å². The lowest BCUT2D eigenvalue weighted by atomic mass is 9.80. The number of rotatable bonds is 4. The maximum absolute atomic E-state index is 12.5. The zero-order chi connectivity index (χ0) is 20.4. The van der Waals surface area contributed by atoms with Crippen LogP contribution in [0.4, 0.5) is 5.69 Å². The van der Waals surface area contributed by atoms with Crippen LogP contribution in [0.15, 0.2) is 35.9 Å². The van der Waals surface area contributed by atoms with Crippen LogP contribution in [0.2, 0.25) is 0 Å². The normalized spacial score (nSPS) is 21.6. The van der Waals surface area contributed by atoms with Gasteiger partial charge in [0, 0.05) is 30.9 Å². The Hall–Kier alpha value is -3.03. The van der Waals surface area contributed by atoms with Gasteiger partial charge in [-0.05, 0) is 24.6 Å². The van der Waals surface area contributed by atoms with E-state index in [0.717, 1.165) is 6.07 Å². The van der Waals surface area contributed by atoms with Gasteiger partial charge in [-0.15, -0.1) is 0 Å². The molecule has 0 saturated heterocycles. The van der Waals surface area contributed by atoms with Gasteiger partial charge in [0.05, 0.1) is 10.5 Å². The lowest BCUT2D eigenvalue weighted by Crippen LogP contribution is -2.43. The van der Waals surface area contributed by atoms with Crippen LogP contribution in [0.25, 0.3) is 0 Å². The molecule has 27 heavy (non-hydrogen) atoms. The first-order valence-corrected chi connectivity index (χ1v) is 8.35. The molecule has 0 bridgehead atoms. The van der Waals surface area contributed by atoms with E-state index in [9.17, 15) is 24.5 Å². The number of Topliss-reactive ketones (excluding diaryl/α,β-unsaturated/α-hetero) is 1. The first-order chi connectivity index (χ1) is 12.5. The summed E-state index contributed by atoms with van der Waals surface area (Å²) in [6.45, 7) is 6.33. The minimum absolute atomic E-state index is 0.00907. The zero-order valence-corrected chi connectivity index (χ0v) is 15.6. The topological polar surface area (TPSA) is 113 Å². The maximum atomic E-state index is 12.5. The van der Waals surface area contributed by atoms with Crippen molar-refractivity contribution >= 4 is 23.4 Å². The smallest absolute Gasteiger partial charge is 0.339 e. The van der Waals surface area contributed by atoms with E-state index in [4.69, 9.17) is 9.47 Å². The van der Waals surface area contributed by atoms with Gasteiger partial charge in [-0.2, -0.15) is 0 Å². The van der Waals surface area contributed by atoms with E-state index < -0.39 is 34.5 Å². The SMILES string of the molecule is CC(=O)OC1C(OC(=O)c2cccc([N+](=O)[O-])c2)C=C(C)C(=O)CC1(C)C. The number of hydrogen-bond acceptors (Lipinski definition) is 7. The van der Waals surface area contributed by atoms with Crippen LogP contribution in [-0.2, 0) is 19.1 Å². The minimum atomic E-state index is -0.998. The molecular formula is C19H21NO7. The number of esters is 2. The number of ether oxygens (including phenoxy) is 2. The second-order valence-corrected chi connectivity index (χ2v) is 7.15. The predicted octanol–water partition coefficient (Wildman–Crippen LogP) is 3.00. The molecule has 0 spiro atoms. The number of non-ortho nitro benzene ring substituents is 1. The van der Waals surface area contributed by atoms with Gasteiger partial charge in [-0.3, -0.25) is 19.7 Å². The Kier molecular flexibility index (Phi) is 5.78. The standard InChI is InChI=1S/C19H21NO7/c1-11-8-16(17(26-12(2)21)19(3,4)10-15(11)22)27-18(23)13-6-5-7-14(9-13)20(24)25/h5-9,16-17H,10H2,1-4H3. The summed E-state index contributed by atoms with van der Waals surface area (Å²) in [6, 6.07) is 5.13. The van der Waals surface area contributed by atoms with E-state index in [1.807, 2.05) is 0 Å². The molecule has 0 heterocycles. The molecule has 8 heteroatoms. The molecule has 1 aromatic rings. The van der Waals surface area contributed by atoms with Crippen molar-refractivity contribution in [2.45, 2.75) is 46.3 Å². The van der Waals surface area contributed by atoms with E-state index in [-0.39, 0.29) is 23.5 Å². The molecule has 0 N–H and O–H groups in total. The molecule has 2 atom stereocenters. The zero-order valence-electron chi connectivity index (χ0n) is 15.6. The van der Waals surface area contributed by atoms with Crippen LogP contribution < -0.4 is 0 Å². The largest absolute Gasteiger partial charge is 0.458 e. The minimum Gasteiger partial charge on any atom is -0.458 e. The first kappa shape index (κ1) is 20.3. The molecule has 1 aliphatic rings. The summed E-state index contributed by atoms with van der Waals surface area (Å²) in [6.07, 6.45) is -0.292. The highest BCUT2D eigenvalue weighted by Crippen LogP contribution is 2.36. The second kappa shape index (κ2) is 7.69. The fourth-order valence-electron chi connectivity index (χ4n) is 2.96. The van der Waals surface area contributed by atoms with Gasteiger partial charge in [-0.25, -0.2) is 4.79 Å². The Bertz CT molecular complexity index is 825. The van der Waals surface area contributed by atoms with Crippen molar-refractivity contribution in [1.82, 2.24) is 0 Å². The number of ketones is 1. The van der Waals surface area contributed by atoms with E-state index in [1.165, 1.54) is 31.2 Å². The van der Waals surface area contributed by atoms with Gasteiger partial charge in [-0.1, -0.05) is 19.9 Å². The summed E-state index contributed by atoms with van der Waals surface area (Å²) in [7, 11) is 0. The number of carbonyl (C=O) groups is 3. The average Bonchev–Trinajstić information content (AvgIpc) is 2.64. The number of nitrogens with zero attached hydrogens (tertiary/aromatic N) is 1. The molecule has 2 unspecified atom stereocenters. The van der Waals surface area contributed by atoms with Crippen molar-refractivity contribution in [3.8, 4) is 0 Å². The Morgan fingerprint density at radius 2 is 1.93 bits per heavy atom. The monoisotopic (exact) mass is 375 g/mol. The summed E-state index contributed by atoms with van der Waals surface area (Å²) in [5, 5.41) is 10.9. The third kappa shape index (κ3) is 4.78. The van der Waals surface area contributed by atoms with Crippen molar-refractivity contribution in [1.29, 1.82) is 0 Å². The van der Waals surface area contributed by atoms with Crippen LogP contribution >= 0.6 is 0 Å². The number of benzene rings is 1. The van der Waals surface area contributed by atoms with Crippen molar-refractivity contribution in [2.75, 3.05) is 0 Å². The summed E-state index contributed by atoms with van der Waals surface area (Å²) in [4.78, 5) is 46.6. The Morgan fingerprint density at radius 1 is 1.26 bits per heavy atom. The van der Waals surface area contributed by atoms with Crippen molar-refractivity contribution in [2.24, 2.45) is 5.41 Å². The Balaban J connectivity index is 2.37. The van der Waals surface area contributed by atoms with Gasteiger partial charge in [0.1, 0.15) is 6.10 Å². The molecule has 2 rings (SSSR count). The summed E-state index contributed by atoms with van der Waals surface area (Å²) >= 11 is 0. The number of carbonyl (C=O) groups excluding carboxylic acids is 3. The second-order valence-electron chi connectivity index (χ2n) is 7.15. The molecule has 1 aromatic carbocycles. The van der Waals surface area contributed by atoms with Crippen LogP contribution in [0, 0.1) is 15.5 Å². The van der Waals surface area contributed by atoms with Gasteiger partial charge in [0.15, 0.2) is 11.9 Å². The molecule has 0 amide bonds. The van der Waals surface area contributed by atoms with Gasteiger partial charge >= 0.3 is 11.9 Å². The highest BCUT2D eigenvalue weighted by molar-refractivity contribution is 5.96. The van der Waals surface area contributed by atoms with Crippen LogP contribution in [0.5, 0.6) is 0 Å². The average molecular weight is 375 g/mol. The fourth-order valence-corrected chi connectivity index (χ4v) is 2.96. The lowest BCUT2D eigenvalue weighted by molar-refractivity contribution is -0.384. The summed E-state index contributed by atoms with van der Waals surface area (Å²) in [5.41, 5.74) is -0.631. The molecule has 144 valence electrons. The molecule has 1 aliphatic carbocycles. The molecular weight excluding hydrogens is 354 g/mol. The van der Waals surface area contributed by atoms with E-state index >= 15 is 0 Å². The van der Waals surface area contributed by atoms with Crippen molar-refractivity contribution in [3.05, 3.63) is 51.6 Å². The number of hydrogen-bond donors (Lipinski definition) is 0. The van der Waals surface area contributed by atoms with Crippen molar-refractivity contribution in [3.63, 3.8) is 0 Å². The number of nitro groups is 1. The molecule has 0 aliphatic heterocycles. The van der Waals surface area contributed by atoms with E-state index in [2.05, 4.69) is 0 Å². The van der Waals surface area contributed by atoms with Crippen LogP contribution in [0.1, 0.15) is 44.5 Å². The summed E-state index contributed by atoms with van der Waals surface area (Å²) in [5.74, 6) is -1.51. The molecule has 0 fully saturated rings. The maximum Gasteiger partial charge on any atom is 0.339 e. The van der Waals surface area contributed by atoms with Crippen LogP contribution in [0.3, 0.4) is 0 Å². The third-order valence-corrected chi connectivity index (χ3v) is 4.37. The summed E-state index contributed by atoms with van der Waals surface area (Å²) < 4.78 is 10.9. The van der Waals surface area contributed by atoms with Gasteiger partial charge in [0.25, 0.3) is 5.69 Å². The van der Waals surface area contributed by atoms with E-state index in [1.54, 1.807) is 20.8 Å². The van der Waals surface area contributed by atoms with Gasteiger partial charge in [0.2, 0.25) is 0 Å². The highest BCUT2D eigenvalue weighted by atomic mass is 16.6. The Morgan fingerprint density at radius 3 is 2.52 bits per heavy atom.